The van der Waals surface area contributed by atoms with Crippen molar-refractivity contribution in [3.8, 4) is 16.9 Å². The minimum atomic E-state index is -1.70. The predicted molar refractivity (Wildman–Crippen MR) is 108 cm³/mol. The van der Waals surface area contributed by atoms with Crippen molar-refractivity contribution in [2.45, 2.75) is 32.8 Å². The van der Waals surface area contributed by atoms with Gasteiger partial charge in [-0.2, -0.15) is 0 Å². The highest BCUT2D eigenvalue weighted by Gasteiger charge is 2.46. The Morgan fingerprint density at radius 3 is 2.24 bits per heavy atom. The van der Waals surface area contributed by atoms with E-state index in [2.05, 4.69) is 13.8 Å². The van der Waals surface area contributed by atoms with Crippen LogP contribution >= 0.6 is 12.4 Å². The summed E-state index contributed by atoms with van der Waals surface area (Å²) in [6, 6.07) is 8.22. The largest absolute Gasteiger partial charge is 0.503 e. The van der Waals surface area contributed by atoms with Crippen LogP contribution in [0.2, 0.25) is 0 Å². The molecular weight excluding hydrogens is 402 g/mol. The van der Waals surface area contributed by atoms with Crippen LogP contribution in [0, 0.1) is 17.0 Å². The Morgan fingerprint density at radius 1 is 1.07 bits per heavy atom. The van der Waals surface area contributed by atoms with Crippen molar-refractivity contribution in [2.24, 2.45) is 5.41 Å². The molecule has 5 nitrogen and oxygen atoms in total. The molecule has 0 bridgehead atoms. The maximum Gasteiger partial charge on any atom is 0.275 e. The Labute approximate surface area is 173 Å². The number of anilines is 1. The molecule has 2 heterocycles. The zero-order chi connectivity index (χ0) is 20.2. The molecule has 2 aliphatic heterocycles. The second-order valence-corrected chi connectivity index (χ2v) is 8.15. The molecule has 1 unspecified atom stereocenters. The van der Waals surface area contributed by atoms with Crippen LogP contribution in [0.4, 0.5) is 14.5 Å². The van der Waals surface area contributed by atoms with Gasteiger partial charge in [0, 0.05) is 24.2 Å². The molecule has 0 aromatic heterocycles. The number of benzene rings is 2. The number of phenols is 1. The number of rotatable bonds is 2. The molecule has 2 aromatic rings. The normalized spacial score (nSPS) is 21.1. The maximum atomic E-state index is 14.9. The Morgan fingerprint density at radius 2 is 1.66 bits per heavy atom. The number of aliphatic hydroxyl groups is 1. The van der Waals surface area contributed by atoms with E-state index in [9.17, 15) is 23.8 Å². The van der Waals surface area contributed by atoms with Crippen LogP contribution in [-0.4, -0.2) is 34.2 Å². The van der Waals surface area contributed by atoms with Crippen molar-refractivity contribution in [3.05, 3.63) is 47.5 Å². The van der Waals surface area contributed by atoms with Gasteiger partial charge in [0.25, 0.3) is 5.91 Å². The van der Waals surface area contributed by atoms with Crippen molar-refractivity contribution in [1.82, 2.24) is 5.01 Å². The summed E-state index contributed by atoms with van der Waals surface area (Å²) in [5, 5.41) is 23.4. The number of fused-ring (bicyclic) bond motifs is 1. The third-order valence-corrected chi connectivity index (χ3v) is 5.73. The highest BCUT2D eigenvalue weighted by atomic mass is 35.5. The van der Waals surface area contributed by atoms with Crippen LogP contribution < -0.4 is 5.01 Å². The van der Waals surface area contributed by atoms with Crippen LogP contribution in [0.25, 0.3) is 11.1 Å². The molecule has 4 rings (SSSR count). The van der Waals surface area contributed by atoms with E-state index in [4.69, 9.17) is 0 Å². The summed E-state index contributed by atoms with van der Waals surface area (Å²) in [5.41, 5.74) is -0.127. The number of aromatic hydroxyl groups is 1. The molecule has 0 aliphatic carbocycles. The fourth-order valence-electron chi connectivity index (χ4n) is 3.97. The number of aliphatic hydroxyl groups excluding tert-OH is 1. The molecule has 156 valence electrons. The van der Waals surface area contributed by atoms with Crippen LogP contribution in [0.3, 0.4) is 0 Å². The van der Waals surface area contributed by atoms with Gasteiger partial charge >= 0.3 is 0 Å². The minimum absolute atomic E-state index is 0. The molecule has 1 atom stereocenters. The standard InChI is InChI=1S/C21H22F2N2O3.ClH/c1-21(2)8-10-24(11-9-21)25-17-14(18(26)20(25)28)13(12-6-4-3-5-7-12)15(22)19(27)16(17)23;/h3-7,18,26-27H,8-11H2,1-2H3;1H. The first-order valence-electron chi connectivity index (χ1n) is 9.29. The van der Waals surface area contributed by atoms with Gasteiger partial charge in [-0.3, -0.25) is 4.79 Å². The molecule has 1 amide bonds. The number of carbonyl (C=O) groups excluding carboxylic acids is 1. The molecule has 2 aliphatic rings. The smallest absolute Gasteiger partial charge is 0.275 e. The van der Waals surface area contributed by atoms with Gasteiger partial charge in [-0.1, -0.05) is 44.2 Å². The average molecular weight is 425 g/mol. The Kier molecular flexibility index (Phi) is 5.60. The highest BCUT2D eigenvalue weighted by Crippen LogP contribution is 2.49. The average Bonchev–Trinajstić information content (AvgIpc) is 2.93. The lowest BCUT2D eigenvalue weighted by atomic mass is 9.83. The monoisotopic (exact) mass is 424 g/mol. The zero-order valence-corrected chi connectivity index (χ0v) is 17.0. The number of hydrogen-bond acceptors (Lipinski definition) is 4. The highest BCUT2D eigenvalue weighted by molar-refractivity contribution is 6.06. The number of halogens is 3. The van der Waals surface area contributed by atoms with Crippen molar-refractivity contribution in [3.63, 3.8) is 0 Å². The first kappa shape index (κ1) is 21.5. The van der Waals surface area contributed by atoms with Crippen LogP contribution in [0.1, 0.15) is 38.4 Å². The SMILES string of the molecule is CC1(C)CCN(N2C(=O)C(O)c3c(-c4ccccc4)c(F)c(O)c(F)c32)CC1.Cl. The molecule has 2 N–H and O–H groups in total. The molecule has 0 saturated carbocycles. The summed E-state index contributed by atoms with van der Waals surface area (Å²) in [7, 11) is 0. The molecule has 29 heavy (non-hydrogen) atoms. The topological polar surface area (TPSA) is 64.0 Å². The summed E-state index contributed by atoms with van der Waals surface area (Å²) in [5.74, 6) is -4.31. The second kappa shape index (κ2) is 7.55. The number of piperidine rings is 1. The minimum Gasteiger partial charge on any atom is -0.503 e. The van der Waals surface area contributed by atoms with Gasteiger partial charge < -0.3 is 10.2 Å². The lowest BCUT2D eigenvalue weighted by Gasteiger charge is -2.41. The third-order valence-electron chi connectivity index (χ3n) is 5.73. The van der Waals surface area contributed by atoms with E-state index in [0.29, 0.717) is 18.7 Å². The van der Waals surface area contributed by atoms with E-state index >= 15 is 0 Å². The predicted octanol–water partition coefficient (Wildman–Crippen LogP) is 4.18. The fourth-order valence-corrected chi connectivity index (χ4v) is 3.97. The van der Waals surface area contributed by atoms with E-state index in [1.807, 2.05) is 0 Å². The molecule has 8 heteroatoms. The first-order chi connectivity index (χ1) is 13.2. The zero-order valence-electron chi connectivity index (χ0n) is 16.2. The second-order valence-electron chi connectivity index (χ2n) is 8.15. The van der Waals surface area contributed by atoms with Crippen molar-refractivity contribution < 1.29 is 23.8 Å². The molecule has 1 saturated heterocycles. The maximum absolute atomic E-state index is 14.9. The number of phenolic OH excluding ortho intramolecular Hbond substituents is 1. The van der Waals surface area contributed by atoms with E-state index < -0.39 is 29.4 Å². The Balaban J connectivity index is 0.00000240. The number of hydrazine groups is 1. The van der Waals surface area contributed by atoms with Gasteiger partial charge in [0.15, 0.2) is 23.5 Å². The number of amides is 1. The van der Waals surface area contributed by atoms with Crippen molar-refractivity contribution in [2.75, 3.05) is 18.1 Å². The number of carbonyl (C=O) groups is 1. The summed E-state index contributed by atoms with van der Waals surface area (Å²) in [6.07, 6.45) is -0.143. The van der Waals surface area contributed by atoms with Gasteiger partial charge in [0.05, 0.1) is 0 Å². The number of nitrogens with zero attached hydrogens (tertiary/aromatic N) is 2. The molecule has 0 spiro atoms. The summed E-state index contributed by atoms with van der Waals surface area (Å²) < 4.78 is 29.8. The van der Waals surface area contributed by atoms with Crippen molar-refractivity contribution in [1.29, 1.82) is 0 Å². The molecule has 1 fully saturated rings. The fraction of sp³-hybridized carbons (Fsp3) is 0.381. The summed E-state index contributed by atoms with van der Waals surface area (Å²) >= 11 is 0. The van der Waals surface area contributed by atoms with Crippen molar-refractivity contribution >= 4 is 24.0 Å². The lowest BCUT2D eigenvalue weighted by Crippen LogP contribution is -2.50. The first-order valence-corrected chi connectivity index (χ1v) is 9.29. The van der Waals surface area contributed by atoms with Gasteiger partial charge in [-0.25, -0.2) is 18.8 Å². The van der Waals surface area contributed by atoms with Crippen LogP contribution in [0.5, 0.6) is 5.75 Å². The summed E-state index contributed by atoms with van der Waals surface area (Å²) in [6.45, 7) is 5.22. The van der Waals surface area contributed by atoms with Gasteiger partial charge in [0.2, 0.25) is 0 Å². The molecule has 0 radical (unpaired) electrons. The van der Waals surface area contributed by atoms with E-state index in [-0.39, 0.29) is 34.6 Å². The molecular formula is C21H23ClF2N2O3. The van der Waals surface area contributed by atoms with Gasteiger partial charge in [-0.15, -0.1) is 12.4 Å². The third kappa shape index (κ3) is 3.37. The van der Waals surface area contributed by atoms with Crippen LogP contribution in [0.15, 0.2) is 30.3 Å². The number of hydrogen-bond donors (Lipinski definition) is 2. The Bertz CT molecular complexity index is 943. The van der Waals surface area contributed by atoms with Gasteiger partial charge in [0.1, 0.15) is 5.69 Å². The van der Waals surface area contributed by atoms with Crippen LogP contribution in [-0.2, 0) is 4.79 Å². The van der Waals surface area contributed by atoms with E-state index in [1.54, 1.807) is 35.3 Å². The quantitative estimate of drug-likeness (QED) is 0.759. The lowest BCUT2D eigenvalue weighted by molar-refractivity contribution is -0.129. The molecule has 2 aromatic carbocycles. The Hall–Kier alpha value is -2.22. The summed E-state index contributed by atoms with van der Waals surface area (Å²) in [4.78, 5) is 12.8. The van der Waals surface area contributed by atoms with Gasteiger partial charge in [-0.05, 0) is 23.8 Å². The van der Waals surface area contributed by atoms with E-state index in [1.165, 1.54) is 0 Å². The van der Waals surface area contributed by atoms with E-state index in [0.717, 1.165) is 17.9 Å².